The number of nitrogens with one attached hydrogen (secondary N) is 2. The lowest BCUT2D eigenvalue weighted by molar-refractivity contribution is -0.135. The van der Waals surface area contributed by atoms with Crippen LogP contribution in [0.5, 0.6) is 5.75 Å². The minimum Gasteiger partial charge on any atom is -0.497 e. The van der Waals surface area contributed by atoms with Gasteiger partial charge in [-0.15, -0.1) is 11.3 Å². The highest BCUT2D eigenvalue weighted by molar-refractivity contribution is 7.10. The molecule has 0 saturated carbocycles. The van der Waals surface area contributed by atoms with Gasteiger partial charge in [-0.3, -0.25) is 14.5 Å². The predicted molar refractivity (Wildman–Crippen MR) is 129 cm³/mol. The van der Waals surface area contributed by atoms with Gasteiger partial charge in [0.1, 0.15) is 17.8 Å². The van der Waals surface area contributed by atoms with Crippen LogP contribution in [0.25, 0.3) is 0 Å². The van der Waals surface area contributed by atoms with Gasteiger partial charge in [-0.2, -0.15) is 0 Å². The number of imide groups is 1. The summed E-state index contributed by atoms with van der Waals surface area (Å²) in [5.41, 5.74) is 1.57. The maximum Gasteiger partial charge on any atom is 0.325 e. The molecule has 1 aliphatic heterocycles. The number of carbonyl (C=O) groups excluding carboxylic acids is 3. The third-order valence-electron chi connectivity index (χ3n) is 6.53. The summed E-state index contributed by atoms with van der Waals surface area (Å²) in [4.78, 5) is 41.6. The molecule has 2 heterocycles. The fraction of sp³-hybridized carbons (Fsp3) is 0.269. The molecule has 34 heavy (non-hydrogen) atoms. The van der Waals surface area contributed by atoms with E-state index in [2.05, 4.69) is 10.6 Å². The lowest BCUT2D eigenvalue weighted by Crippen LogP contribution is -2.47. The maximum atomic E-state index is 13.4. The molecule has 2 aromatic carbocycles. The Morgan fingerprint density at radius 3 is 2.59 bits per heavy atom. The van der Waals surface area contributed by atoms with Gasteiger partial charge in [0.25, 0.3) is 5.91 Å². The number of methoxy groups -OCH3 is 1. The van der Waals surface area contributed by atoms with E-state index in [1.807, 2.05) is 66.0 Å². The fourth-order valence-corrected chi connectivity index (χ4v) is 5.84. The molecule has 1 aromatic heterocycles. The number of ether oxygens (including phenoxy) is 1. The average Bonchev–Trinajstić information content (AvgIpc) is 3.44. The van der Waals surface area contributed by atoms with Crippen molar-refractivity contribution >= 4 is 29.2 Å². The molecule has 1 spiro atoms. The molecule has 0 radical (unpaired) electrons. The first-order valence-corrected chi connectivity index (χ1v) is 12.1. The number of fused-ring (bicyclic) bond motifs is 2. The van der Waals surface area contributed by atoms with E-state index in [1.165, 1.54) is 0 Å². The van der Waals surface area contributed by atoms with E-state index in [9.17, 15) is 14.4 Å². The van der Waals surface area contributed by atoms with Crippen molar-refractivity contribution in [3.63, 3.8) is 0 Å². The van der Waals surface area contributed by atoms with Crippen molar-refractivity contribution in [2.45, 2.75) is 30.8 Å². The first-order valence-electron chi connectivity index (χ1n) is 11.2. The van der Waals surface area contributed by atoms with Crippen LogP contribution in [-0.2, 0) is 21.5 Å². The molecule has 1 aliphatic carbocycles. The summed E-state index contributed by atoms with van der Waals surface area (Å²) in [5.74, 6) is -0.0499. The largest absolute Gasteiger partial charge is 0.497 e. The van der Waals surface area contributed by atoms with Crippen LogP contribution < -0.4 is 15.4 Å². The van der Waals surface area contributed by atoms with Crippen LogP contribution in [-0.4, -0.2) is 36.4 Å². The van der Waals surface area contributed by atoms with Crippen LogP contribution in [0.3, 0.4) is 0 Å². The Morgan fingerprint density at radius 2 is 1.85 bits per heavy atom. The number of urea groups is 1. The van der Waals surface area contributed by atoms with Crippen LogP contribution in [0, 0.1) is 0 Å². The lowest BCUT2D eigenvalue weighted by Gasteiger charge is -2.31. The third-order valence-corrected chi connectivity index (χ3v) is 7.51. The molecule has 5 rings (SSSR count). The number of benzene rings is 2. The van der Waals surface area contributed by atoms with Crippen molar-refractivity contribution in [1.82, 2.24) is 15.5 Å². The molecule has 8 heteroatoms. The predicted octanol–water partition coefficient (Wildman–Crippen LogP) is 3.75. The van der Waals surface area contributed by atoms with Crippen molar-refractivity contribution in [1.29, 1.82) is 0 Å². The first-order chi connectivity index (χ1) is 16.5. The number of hydrogen-bond donors (Lipinski definition) is 2. The molecule has 174 valence electrons. The van der Waals surface area contributed by atoms with Crippen molar-refractivity contribution < 1.29 is 19.1 Å². The fourth-order valence-electron chi connectivity index (χ4n) is 4.84. The minimum absolute atomic E-state index is 0.342. The standard InChI is InChI=1S/C26H25N3O4S/c1-33-19-11-9-18(10-12-19)23(17-6-3-2-4-7-17)27-22(30)16-29-24(31)26(28-25(29)32)14-5-8-21-20(26)13-15-34-21/h2-4,6-7,9-13,15,23H,5,8,14,16H2,1H3,(H,27,30)(H,28,32)/t23-,26-/m0/s1. The number of nitrogens with zero attached hydrogens (tertiary/aromatic N) is 1. The van der Waals surface area contributed by atoms with Crippen molar-refractivity contribution in [3.05, 3.63) is 87.6 Å². The molecule has 1 fully saturated rings. The van der Waals surface area contributed by atoms with Crippen LogP contribution >= 0.6 is 11.3 Å². The molecule has 0 unspecified atom stereocenters. The number of hydrogen-bond acceptors (Lipinski definition) is 5. The molecule has 2 N–H and O–H groups in total. The van der Waals surface area contributed by atoms with Crippen molar-refractivity contribution in [3.8, 4) is 5.75 Å². The highest BCUT2D eigenvalue weighted by Gasteiger charge is 2.54. The second-order valence-corrected chi connectivity index (χ2v) is 9.52. The maximum absolute atomic E-state index is 13.4. The summed E-state index contributed by atoms with van der Waals surface area (Å²) in [7, 11) is 1.60. The second-order valence-electron chi connectivity index (χ2n) is 8.52. The number of rotatable bonds is 6. The van der Waals surface area contributed by atoms with E-state index < -0.39 is 23.5 Å². The van der Waals surface area contributed by atoms with Gasteiger partial charge >= 0.3 is 6.03 Å². The summed E-state index contributed by atoms with van der Waals surface area (Å²) < 4.78 is 5.25. The SMILES string of the molecule is COc1ccc([C@@H](NC(=O)CN2C(=O)N[C@]3(CCCc4sccc43)C2=O)c2ccccc2)cc1. The molecule has 2 atom stereocenters. The molecule has 1 saturated heterocycles. The molecular formula is C26H25N3O4S. The van der Waals surface area contributed by atoms with Gasteiger partial charge in [-0.25, -0.2) is 4.79 Å². The molecular weight excluding hydrogens is 450 g/mol. The Bertz CT molecular complexity index is 1220. The van der Waals surface area contributed by atoms with Crippen LogP contribution in [0.15, 0.2) is 66.0 Å². The number of aryl methyl sites for hydroxylation is 1. The Hall–Kier alpha value is -3.65. The zero-order chi connectivity index (χ0) is 23.7. The van der Waals surface area contributed by atoms with Crippen LogP contribution in [0.2, 0.25) is 0 Å². The summed E-state index contributed by atoms with van der Waals surface area (Å²) in [6.45, 7) is -0.342. The Morgan fingerprint density at radius 1 is 1.12 bits per heavy atom. The zero-order valence-corrected chi connectivity index (χ0v) is 19.6. The second kappa shape index (κ2) is 8.95. The summed E-state index contributed by atoms with van der Waals surface area (Å²) in [6, 6.07) is 18.0. The number of carbonyl (C=O) groups is 3. The normalized spacial score (nSPS) is 20.1. The lowest BCUT2D eigenvalue weighted by atomic mass is 9.80. The highest BCUT2D eigenvalue weighted by Crippen LogP contribution is 2.42. The van der Waals surface area contributed by atoms with Crippen LogP contribution in [0.4, 0.5) is 4.79 Å². The van der Waals surface area contributed by atoms with E-state index in [4.69, 9.17) is 4.74 Å². The van der Waals surface area contributed by atoms with Crippen molar-refractivity contribution in [2.75, 3.05) is 13.7 Å². The third kappa shape index (κ3) is 3.84. The van der Waals surface area contributed by atoms with Gasteiger partial charge in [0.15, 0.2) is 0 Å². The Kier molecular flexibility index (Phi) is 5.83. The zero-order valence-electron chi connectivity index (χ0n) is 18.7. The molecule has 3 aromatic rings. The van der Waals surface area contributed by atoms with Crippen LogP contribution in [0.1, 0.15) is 40.5 Å². The smallest absolute Gasteiger partial charge is 0.325 e. The Labute approximate surface area is 201 Å². The van der Waals surface area contributed by atoms with Gasteiger partial charge in [0, 0.05) is 10.4 Å². The average molecular weight is 476 g/mol. The molecule has 2 aliphatic rings. The monoisotopic (exact) mass is 475 g/mol. The van der Waals surface area contributed by atoms with E-state index >= 15 is 0 Å². The summed E-state index contributed by atoms with van der Waals surface area (Å²) in [6.07, 6.45) is 2.25. The van der Waals surface area contributed by atoms with Gasteiger partial charge in [-0.05, 0) is 54.0 Å². The van der Waals surface area contributed by atoms with Crippen molar-refractivity contribution in [2.24, 2.45) is 0 Å². The van der Waals surface area contributed by atoms with E-state index in [-0.39, 0.29) is 12.5 Å². The van der Waals surface area contributed by atoms with Gasteiger partial charge in [-0.1, -0.05) is 42.5 Å². The summed E-state index contributed by atoms with van der Waals surface area (Å²) in [5, 5.41) is 7.86. The quantitative estimate of drug-likeness (QED) is 0.532. The minimum atomic E-state index is -1.06. The van der Waals surface area contributed by atoms with E-state index in [0.29, 0.717) is 12.2 Å². The van der Waals surface area contributed by atoms with E-state index in [0.717, 1.165) is 39.3 Å². The van der Waals surface area contributed by atoms with E-state index in [1.54, 1.807) is 18.4 Å². The van der Waals surface area contributed by atoms with Gasteiger partial charge in [0.2, 0.25) is 5.91 Å². The summed E-state index contributed by atoms with van der Waals surface area (Å²) >= 11 is 1.60. The topological polar surface area (TPSA) is 87.7 Å². The van der Waals surface area contributed by atoms with Gasteiger partial charge < -0.3 is 15.4 Å². The number of thiophene rings is 1. The molecule has 4 amide bonds. The Balaban J connectivity index is 1.37. The first kappa shape index (κ1) is 22.2. The molecule has 0 bridgehead atoms. The number of amides is 4. The van der Waals surface area contributed by atoms with Gasteiger partial charge in [0.05, 0.1) is 13.2 Å². The highest BCUT2D eigenvalue weighted by atomic mass is 32.1. The molecule has 7 nitrogen and oxygen atoms in total.